The predicted molar refractivity (Wildman–Crippen MR) is 124 cm³/mol. The van der Waals surface area contributed by atoms with Crippen LogP contribution in [0.25, 0.3) is 11.1 Å². The number of nitrogens with zero attached hydrogens (tertiary/aromatic N) is 1. The van der Waals surface area contributed by atoms with Gasteiger partial charge in [0.2, 0.25) is 11.8 Å². The highest BCUT2D eigenvalue weighted by Gasteiger charge is 2.61. The summed E-state index contributed by atoms with van der Waals surface area (Å²) in [6, 6.07) is 23.9. The van der Waals surface area contributed by atoms with Crippen molar-refractivity contribution in [2.75, 3.05) is 4.90 Å². The lowest BCUT2D eigenvalue weighted by Crippen LogP contribution is -2.32. The van der Waals surface area contributed by atoms with Crippen molar-refractivity contribution in [2.45, 2.75) is 19.3 Å². The van der Waals surface area contributed by atoms with E-state index in [9.17, 15) is 14.4 Å². The fourth-order valence-corrected chi connectivity index (χ4v) is 5.92. The molecule has 2 saturated carbocycles. The van der Waals surface area contributed by atoms with Crippen molar-refractivity contribution in [1.29, 1.82) is 0 Å². The van der Waals surface area contributed by atoms with Gasteiger partial charge >= 0.3 is 5.97 Å². The third-order valence-electron chi connectivity index (χ3n) is 7.46. The first kappa shape index (κ1) is 19.9. The van der Waals surface area contributed by atoms with Gasteiger partial charge in [0.1, 0.15) is 5.75 Å². The van der Waals surface area contributed by atoms with E-state index in [0.717, 1.165) is 30.4 Å². The van der Waals surface area contributed by atoms with Crippen LogP contribution in [0.15, 0.2) is 78.9 Å². The molecule has 3 aromatic rings. The maximum absolute atomic E-state index is 13.0. The molecule has 1 heterocycles. The van der Waals surface area contributed by atoms with Crippen LogP contribution < -0.4 is 9.64 Å². The molecule has 0 unspecified atom stereocenters. The van der Waals surface area contributed by atoms with E-state index in [4.69, 9.17) is 4.74 Å². The first-order valence-corrected chi connectivity index (χ1v) is 11.5. The zero-order chi connectivity index (χ0) is 22.5. The molecule has 3 aliphatic rings. The normalized spacial score (nSPS) is 25.4. The molecule has 2 amide bonds. The fourth-order valence-electron chi connectivity index (χ4n) is 5.92. The van der Waals surface area contributed by atoms with Crippen molar-refractivity contribution in [2.24, 2.45) is 23.7 Å². The van der Waals surface area contributed by atoms with Crippen LogP contribution in [0.4, 0.5) is 5.69 Å². The summed E-state index contributed by atoms with van der Waals surface area (Å²) in [7, 11) is 0. The van der Waals surface area contributed by atoms with Gasteiger partial charge in [-0.15, -0.1) is 0 Å². The highest BCUT2D eigenvalue weighted by molar-refractivity contribution is 6.22. The Morgan fingerprint density at radius 1 is 0.727 bits per heavy atom. The molecule has 0 radical (unpaired) electrons. The summed E-state index contributed by atoms with van der Waals surface area (Å²) in [5.41, 5.74) is 3.03. The van der Waals surface area contributed by atoms with Crippen LogP contribution >= 0.6 is 0 Å². The van der Waals surface area contributed by atoms with Crippen molar-refractivity contribution in [1.82, 2.24) is 0 Å². The topological polar surface area (TPSA) is 63.7 Å². The molecule has 1 aliphatic heterocycles. The Hall–Kier alpha value is -3.73. The summed E-state index contributed by atoms with van der Waals surface area (Å²) in [5.74, 6) is 0.212. The Morgan fingerprint density at radius 2 is 1.30 bits per heavy atom. The van der Waals surface area contributed by atoms with E-state index in [1.807, 2.05) is 42.5 Å². The van der Waals surface area contributed by atoms with E-state index in [0.29, 0.717) is 28.8 Å². The minimum Gasteiger partial charge on any atom is -0.423 e. The van der Waals surface area contributed by atoms with Crippen LogP contribution in [0.5, 0.6) is 5.75 Å². The number of hydrogen-bond acceptors (Lipinski definition) is 4. The second-order valence-corrected chi connectivity index (χ2v) is 9.22. The zero-order valence-electron chi connectivity index (χ0n) is 18.0. The van der Waals surface area contributed by atoms with Gasteiger partial charge in [0.05, 0.1) is 23.1 Å². The molecular weight excluding hydrogens is 414 g/mol. The molecule has 33 heavy (non-hydrogen) atoms. The number of rotatable bonds is 4. The Morgan fingerprint density at radius 3 is 1.91 bits per heavy atom. The lowest BCUT2D eigenvalue weighted by atomic mass is 9.81. The molecule has 0 N–H and O–H groups in total. The highest BCUT2D eigenvalue weighted by atomic mass is 16.5. The number of hydrogen-bond donors (Lipinski definition) is 0. The molecule has 1 saturated heterocycles. The first-order valence-electron chi connectivity index (χ1n) is 11.5. The number of fused-ring (bicyclic) bond motifs is 5. The lowest BCUT2D eigenvalue weighted by Gasteiger charge is -2.19. The van der Waals surface area contributed by atoms with Gasteiger partial charge in [-0.25, -0.2) is 4.79 Å². The van der Waals surface area contributed by atoms with Crippen molar-refractivity contribution in [3.05, 3.63) is 84.4 Å². The lowest BCUT2D eigenvalue weighted by molar-refractivity contribution is -0.123. The van der Waals surface area contributed by atoms with Gasteiger partial charge in [0.15, 0.2) is 0 Å². The fraction of sp³-hybridized carbons (Fsp3) is 0.250. The molecular formula is C28H23NO4. The monoisotopic (exact) mass is 437 g/mol. The minimum absolute atomic E-state index is 0.0777. The number of benzene rings is 3. The highest BCUT2D eigenvalue weighted by Crippen LogP contribution is 2.56. The number of carbonyl (C=O) groups excluding carboxylic acids is 3. The van der Waals surface area contributed by atoms with Gasteiger partial charge in [-0.1, -0.05) is 42.5 Å². The second-order valence-electron chi connectivity index (χ2n) is 9.22. The molecule has 5 nitrogen and oxygen atoms in total. The van der Waals surface area contributed by atoms with Gasteiger partial charge in [-0.05, 0) is 78.6 Å². The van der Waals surface area contributed by atoms with Crippen molar-refractivity contribution in [3.63, 3.8) is 0 Å². The van der Waals surface area contributed by atoms with Crippen LogP contribution in [-0.4, -0.2) is 17.8 Å². The van der Waals surface area contributed by atoms with E-state index in [1.54, 1.807) is 36.4 Å². The van der Waals surface area contributed by atoms with Crippen molar-refractivity contribution >= 4 is 23.5 Å². The molecule has 5 heteroatoms. The van der Waals surface area contributed by atoms with E-state index >= 15 is 0 Å². The molecule has 0 aromatic heterocycles. The van der Waals surface area contributed by atoms with Crippen LogP contribution in [0.2, 0.25) is 0 Å². The van der Waals surface area contributed by atoms with Gasteiger partial charge in [-0.2, -0.15) is 0 Å². The molecule has 164 valence electrons. The van der Waals surface area contributed by atoms with Gasteiger partial charge in [0.25, 0.3) is 0 Å². The third kappa shape index (κ3) is 3.27. The average molecular weight is 437 g/mol. The summed E-state index contributed by atoms with van der Waals surface area (Å²) >= 11 is 0. The minimum atomic E-state index is -0.483. The summed E-state index contributed by atoms with van der Waals surface area (Å²) in [6.45, 7) is 0. The summed E-state index contributed by atoms with van der Waals surface area (Å²) in [5, 5.41) is 0. The molecule has 6 rings (SSSR count). The zero-order valence-corrected chi connectivity index (χ0v) is 18.0. The van der Waals surface area contributed by atoms with Crippen LogP contribution in [-0.2, 0) is 9.59 Å². The van der Waals surface area contributed by atoms with Crippen molar-refractivity contribution in [3.8, 4) is 16.9 Å². The Labute approximate surface area is 192 Å². The van der Waals surface area contributed by atoms with Crippen LogP contribution in [0.1, 0.15) is 29.6 Å². The summed E-state index contributed by atoms with van der Waals surface area (Å²) in [4.78, 5) is 39.9. The molecule has 2 bridgehead atoms. The number of imide groups is 1. The Balaban J connectivity index is 1.15. The Bertz CT molecular complexity index is 1210. The molecule has 4 atom stereocenters. The maximum Gasteiger partial charge on any atom is 0.343 e. The molecule has 3 aromatic carbocycles. The number of amides is 2. The van der Waals surface area contributed by atoms with Crippen molar-refractivity contribution < 1.29 is 19.1 Å². The quantitative estimate of drug-likeness (QED) is 0.323. The van der Waals surface area contributed by atoms with Gasteiger partial charge in [0, 0.05) is 0 Å². The Kier molecular flexibility index (Phi) is 4.64. The predicted octanol–water partition coefficient (Wildman–Crippen LogP) is 5.11. The summed E-state index contributed by atoms with van der Waals surface area (Å²) < 4.78 is 5.51. The number of esters is 1. The number of anilines is 1. The maximum atomic E-state index is 13.0. The van der Waals surface area contributed by atoms with E-state index < -0.39 is 5.97 Å². The van der Waals surface area contributed by atoms with E-state index in [2.05, 4.69) is 0 Å². The molecule has 2 aliphatic carbocycles. The number of carbonyl (C=O) groups is 3. The smallest absolute Gasteiger partial charge is 0.343 e. The first-order chi connectivity index (χ1) is 16.1. The van der Waals surface area contributed by atoms with Gasteiger partial charge in [-0.3, -0.25) is 14.5 Å². The van der Waals surface area contributed by atoms with Crippen LogP contribution in [0.3, 0.4) is 0 Å². The van der Waals surface area contributed by atoms with E-state index in [1.165, 1.54) is 4.90 Å². The molecule has 0 spiro atoms. The number of ether oxygens (including phenoxy) is 1. The third-order valence-corrected chi connectivity index (χ3v) is 7.46. The van der Waals surface area contributed by atoms with E-state index in [-0.39, 0.29) is 23.7 Å². The second kappa shape index (κ2) is 7.69. The van der Waals surface area contributed by atoms with Crippen LogP contribution in [0, 0.1) is 23.7 Å². The largest absolute Gasteiger partial charge is 0.423 e. The standard InChI is InChI=1S/C28H23NO4/c30-26-24-20-6-7-21(16-20)25(24)27(31)29(26)22-12-8-19(9-13-22)28(32)33-23-14-10-18(11-15-23)17-4-2-1-3-5-17/h1-5,8-15,20-21,24-25H,6-7,16H2/t20-,21-,24-,25-/m0/s1. The van der Waals surface area contributed by atoms with Gasteiger partial charge < -0.3 is 4.74 Å². The summed E-state index contributed by atoms with van der Waals surface area (Å²) in [6.07, 6.45) is 3.11. The molecule has 3 fully saturated rings. The average Bonchev–Trinajstić information content (AvgIpc) is 3.54. The SMILES string of the molecule is O=C(Oc1ccc(-c2ccccc2)cc1)c1ccc(N2C(=O)[C@H]3[C@H]4CC[C@@H](C4)[C@@H]3C2=O)cc1.